The van der Waals surface area contributed by atoms with Gasteiger partial charge in [-0.2, -0.15) is 16.8 Å². The molecular formula is C20H28BrN3O4S. The third-order valence-electron chi connectivity index (χ3n) is 4.86. The number of benzene rings is 1. The van der Waals surface area contributed by atoms with E-state index >= 15 is 0 Å². The van der Waals surface area contributed by atoms with Gasteiger partial charge >= 0.3 is 6.09 Å². The molecule has 7 nitrogen and oxygen atoms in total. The number of thioether (sulfide) groups is 1. The van der Waals surface area contributed by atoms with Crippen molar-refractivity contribution in [2.75, 3.05) is 25.7 Å². The van der Waals surface area contributed by atoms with Crippen LogP contribution in [0.3, 0.4) is 0 Å². The zero-order chi connectivity index (χ0) is 21.3. The maximum Gasteiger partial charge on any atom is 0.407 e. The van der Waals surface area contributed by atoms with E-state index in [9.17, 15) is 10.0 Å². The third kappa shape index (κ3) is 4.68. The standard InChI is InChI=1S/C20H28BrN3O4S/c1-20(2,3)28-19(25)23-13(10-29-5)18-17-11(8-9-24(18)26)15-12(22-17)6-7-14(27-4)16(15)21/h6-7,13,18,22,26H,8-10H2,1-5H3,(H,23,25)/t13-,18-/m1/s1. The first-order valence-corrected chi connectivity index (χ1v) is 11.7. The summed E-state index contributed by atoms with van der Waals surface area (Å²) in [6.07, 6.45) is 2.17. The molecule has 0 aliphatic carbocycles. The zero-order valence-corrected chi connectivity index (χ0v) is 19.7. The molecule has 1 aliphatic rings. The van der Waals surface area contributed by atoms with Crippen molar-refractivity contribution >= 4 is 44.7 Å². The molecule has 1 amide bonds. The van der Waals surface area contributed by atoms with E-state index in [2.05, 4.69) is 26.2 Å². The van der Waals surface area contributed by atoms with Gasteiger partial charge in [0.15, 0.2) is 0 Å². The van der Waals surface area contributed by atoms with Crippen LogP contribution in [0.15, 0.2) is 16.6 Å². The molecule has 0 spiro atoms. The van der Waals surface area contributed by atoms with E-state index in [1.165, 1.54) is 5.06 Å². The Morgan fingerprint density at radius 2 is 2.21 bits per heavy atom. The first kappa shape index (κ1) is 22.3. The van der Waals surface area contributed by atoms with E-state index in [0.717, 1.165) is 32.4 Å². The van der Waals surface area contributed by atoms with Crippen LogP contribution in [0.2, 0.25) is 0 Å². The van der Waals surface area contributed by atoms with Gasteiger partial charge in [0.1, 0.15) is 11.4 Å². The minimum absolute atomic E-state index is 0.336. The highest BCUT2D eigenvalue weighted by molar-refractivity contribution is 9.10. The molecule has 9 heteroatoms. The second-order valence-corrected chi connectivity index (χ2v) is 9.79. The van der Waals surface area contributed by atoms with E-state index in [1.54, 1.807) is 18.9 Å². The van der Waals surface area contributed by atoms with Crippen molar-refractivity contribution in [1.82, 2.24) is 15.4 Å². The third-order valence-corrected chi connectivity index (χ3v) is 6.34. The number of hydroxylamine groups is 2. The van der Waals surface area contributed by atoms with Gasteiger partial charge < -0.3 is 25.0 Å². The number of carbonyl (C=O) groups is 1. The van der Waals surface area contributed by atoms with Crippen LogP contribution in [0.4, 0.5) is 4.79 Å². The van der Waals surface area contributed by atoms with Crippen LogP contribution in [0.1, 0.15) is 38.1 Å². The highest BCUT2D eigenvalue weighted by atomic mass is 79.9. The number of nitrogens with zero attached hydrogens (tertiary/aromatic N) is 1. The molecule has 2 atom stereocenters. The number of hydrogen-bond donors (Lipinski definition) is 3. The predicted octanol–water partition coefficient (Wildman–Crippen LogP) is 4.48. The van der Waals surface area contributed by atoms with Gasteiger partial charge in [0.2, 0.25) is 0 Å². The van der Waals surface area contributed by atoms with Crippen molar-refractivity contribution in [2.45, 2.75) is 44.9 Å². The number of hydrogen-bond acceptors (Lipinski definition) is 6. The molecule has 3 N–H and O–H groups in total. The summed E-state index contributed by atoms with van der Waals surface area (Å²) in [4.78, 5) is 15.9. The molecule has 2 aromatic rings. The molecule has 0 unspecified atom stereocenters. The van der Waals surface area contributed by atoms with Crippen LogP contribution in [-0.2, 0) is 11.2 Å². The van der Waals surface area contributed by atoms with Gasteiger partial charge in [-0.1, -0.05) is 0 Å². The van der Waals surface area contributed by atoms with Gasteiger partial charge in [-0.05, 0) is 67.1 Å². The fraction of sp³-hybridized carbons (Fsp3) is 0.550. The number of alkyl carbamates (subject to hydrolysis) is 1. The zero-order valence-electron chi connectivity index (χ0n) is 17.3. The number of aromatic amines is 1. The second kappa shape index (κ2) is 8.75. The minimum Gasteiger partial charge on any atom is -0.496 e. The lowest BCUT2D eigenvalue weighted by molar-refractivity contribution is -0.141. The Morgan fingerprint density at radius 1 is 1.48 bits per heavy atom. The molecule has 0 saturated heterocycles. The van der Waals surface area contributed by atoms with Gasteiger partial charge in [0.25, 0.3) is 0 Å². The highest BCUT2D eigenvalue weighted by Crippen LogP contribution is 2.42. The Balaban J connectivity index is 2.01. The maximum absolute atomic E-state index is 12.4. The van der Waals surface area contributed by atoms with Crippen LogP contribution >= 0.6 is 27.7 Å². The van der Waals surface area contributed by atoms with Gasteiger partial charge in [-0.15, -0.1) is 0 Å². The van der Waals surface area contributed by atoms with Crippen molar-refractivity contribution in [3.8, 4) is 5.75 Å². The topological polar surface area (TPSA) is 86.8 Å². The monoisotopic (exact) mass is 485 g/mol. The molecular weight excluding hydrogens is 458 g/mol. The number of aromatic nitrogens is 1. The fourth-order valence-corrected chi connectivity index (χ4v) is 5.13. The van der Waals surface area contributed by atoms with Gasteiger partial charge in [0, 0.05) is 28.9 Å². The molecule has 0 saturated carbocycles. The van der Waals surface area contributed by atoms with Crippen LogP contribution in [-0.4, -0.2) is 58.7 Å². The number of rotatable bonds is 5. The van der Waals surface area contributed by atoms with E-state index < -0.39 is 17.7 Å². The number of methoxy groups -OCH3 is 1. The lowest BCUT2D eigenvalue weighted by atomic mass is 9.94. The first-order valence-electron chi connectivity index (χ1n) is 9.47. The van der Waals surface area contributed by atoms with Crippen molar-refractivity contribution < 1.29 is 19.5 Å². The number of H-pyrrole nitrogens is 1. The van der Waals surface area contributed by atoms with Crippen LogP contribution in [0.5, 0.6) is 5.75 Å². The van der Waals surface area contributed by atoms with Gasteiger partial charge in [-0.25, -0.2) is 4.79 Å². The van der Waals surface area contributed by atoms with Crippen molar-refractivity contribution in [3.05, 3.63) is 27.9 Å². The summed E-state index contributed by atoms with van der Waals surface area (Å²) < 4.78 is 11.8. The molecule has 0 fully saturated rings. The highest BCUT2D eigenvalue weighted by Gasteiger charge is 2.37. The quantitative estimate of drug-likeness (QED) is 0.578. The van der Waals surface area contributed by atoms with Crippen LogP contribution in [0, 0.1) is 0 Å². The summed E-state index contributed by atoms with van der Waals surface area (Å²) >= 11 is 5.27. The number of carbonyl (C=O) groups excluding carboxylic acids is 1. The van der Waals surface area contributed by atoms with Crippen molar-refractivity contribution in [1.29, 1.82) is 0 Å². The Hall–Kier alpha value is -1.42. The molecule has 0 radical (unpaired) electrons. The summed E-state index contributed by atoms with van der Waals surface area (Å²) in [6.45, 7) is 5.95. The number of halogens is 1. The summed E-state index contributed by atoms with van der Waals surface area (Å²) in [7, 11) is 1.64. The molecule has 0 bridgehead atoms. The second-order valence-electron chi connectivity index (χ2n) is 8.09. The minimum atomic E-state index is -0.590. The lowest BCUT2D eigenvalue weighted by Crippen LogP contribution is -2.50. The van der Waals surface area contributed by atoms with E-state index in [0.29, 0.717) is 18.7 Å². The SMILES string of the molecule is COc1ccc2[nH]c3c(c2c1Br)CCN(O)[C@@H]3[C@@H](CSC)NC(=O)OC(C)(C)C. The van der Waals surface area contributed by atoms with Crippen molar-refractivity contribution in [2.24, 2.45) is 0 Å². The largest absolute Gasteiger partial charge is 0.496 e. The molecule has 1 aliphatic heterocycles. The number of fused-ring (bicyclic) bond motifs is 3. The lowest BCUT2D eigenvalue weighted by Gasteiger charge is -2.36. The van der Waals surface area contributed by atoms with E-state index in [4.69, 9.17) is 9.47 Å². The predicted molar refractivity (Wildman–Crippen MR) is 119 cm³/mol. The molecule has 1 aromatic carbocycles. The number of ether oxygens (including phenoxy) is 2. The Kier molecular flexibility index (Phi) is 6.72. The molecule has 2 heterocycles. The summed E-state index contributed by atoms with van der Waals surface area (Å²) in [5.74, 6) is 1.38. The average Bonchev–Trinajstić information content (AvgIpc) is 2.99. The van der Waals surface area contributed by atoms with Gasteiger partial charge in [0.05, 0.1) is 23.7 Å². The first-order chi connectivity index (χ1) is 13.7. The smallest absolute Gasteiger partial charge is 0.407 e. The number of amides is 1. The number of nitrogens with one attached hydrogen (secondary N) is 2. The molecule has 1 aromatic heterocycles. The Morgan fingerprint density at radius 3 is 2.83 bits per heavy atom. The van der Waals surface area contributed by atoms with Crippen molar-refractivity contribution in [3.63, 3.8) is 0 Å². The van der Waals surface area contributed by atoms with E-state index in [1.807, 2.05) is 39.2 Å². The Bertz CT molecular complexity index is 896. The van der Waals surface area contributed by atoms with Gasteiger partial charge in [-0.3, -0.25) is 0 Å². The van der Waals surface area contributed by atoms with Crippen LogP contribution in [0.25, 0.3) is 10.9 Å². The maximum atomic E-state index is 12.4. The molecule has 160 valence electrons. The van der Waals surface area contributed by atoms with E-state index in [-0.39, 0.29) is 6.04 Å². The molecule has 3 rings (SSSR count). The average molecular weight is 486 g/mol. The summed E-state index contributed by atoms with van der Waals surface area (Å²) in [6, 6.07) is 3.13. The molecule has 29 heavy (non-hydrogen) atoms. The summed E-state index contributed by atoms with van der Waals surface area (Å²) in [5, 5.41) is 16.0. The fourth-order valence-electron chi connectivity index (χ4n) is 3.75. The normalized spacial score (nSPS) is 18.4. The summed E-state index contributed by atoms with van der Waals surface area (Å²) in [5.41, 5.74) is 2.40. The Labute approximate surface area is 183 Å². The van der Waals surface area contributed by atoms with Crippen LogP contribution < -0.4 is 10.1 Å².